The van der Waals surface area contributed by atoms with E-state index in [0.29, 0.717) is 10.4 Å². The normalized spacial score (nSPS) is 12.8. The number of carbonyl (C=O) groups excluding carboxylic acids is 1. The first-order chi connectivity index (χ1) is 15.4. The highest BCUT2D eigenvalue weighted by molar-refractivity contribution is 7.16. The third-order valence-corrected chi connectivity index (χ3v) is 6.42. The van der Waals surface area contributed by atoms with Gasteiger partial charge in [0.15, 0.2) is 4.80 Å². The molecule has 0 fully saturated rings. The molecule has 6 heteroatoms. The molecule has 1 unspecified atom stereocenters. The summed E-state index contributed by atoms with van der Waals surface area (Å²) in [6, 6.07) is 20.1. The average Bonchev–Trinajstić information content (AvgIpc) is 3.13. The van der Waals surface area contributed by atoms with Crippen molar-refractivity contribution in [2.75, 3.05) is 5.32 Å². The number of halogens is 1. The number of rotatable bonds is 6. The van der Waals surface area contributed by atoms with Crippen LogP contribution in [0.1, 0.15) is 48.7 Å². The summed E-state index contributed by atoms with van der Waals surface area (Å²) in [6.45, 7) is 6.32. The van der Waals surface area contributed by atoms with E-state index in [1.807, 2.05) is 43.3 Å². The van der Waals surface area contributed by atoms with Crippen molar-refractivity contribution in [3.63, 3.8) is 0 Å². The van der Waals surface area contributed by atoms with Crippen LogP contribution >= 0.6 is 11.3 Å². The zero-order valence-electron chi connectivity index (χ0n) is 18.4. The van der Waals surface area contributed by atoms with Gasteiger partial charge in [-0.15, -0.1) is 0 Å². The van der Waals surface area contributed by atoms with E-state index in [1.165, 1.54) is 23.5 Å². The molecule has 0 aliphatic heterocycles. The molecule has 3 aromatic carbocycles. The quantitative estimate of drug-likeness (QED) is 0.346. The van der Waals surface area contributed by atoms with Gasteiger partial charge in [0.25, 0.3) is 5.91 Å². The van der Waals surface area contributed by atoms with Crippen molar-refractivity contribution in [2.45, 2.75) is 39.7 Å². The molecule has 164 valence electrons. The Labute approximate surface area is 191 Å². The van der Waals surface area contributed by atoms with Crippen molar-refractivity contribution in [1.82, 2.24) is 4.57 Å². The number of amides is 1. The number of carbonyl (C=O) groups is 1. The fourth-order valence-electron chi connectivity index (χ4n) is 3.72. The number of fused-ring (bicyclic) bond motifs is 1. The number of nitrogens with one attached hydrogen (secondary N) is 1. The average molecular weight is 448 g/mol. The summed E-state index contributed by atoms with van der Waals surface area (Å²) in [5.41, 5.74) is 4.46. The molecule has 32 heavy (non-hydrogen) atoms. The lowest BCUT2D eigenvalue weighted by molar-refractivity contribution is 0.0997. The highest BCUT2D eigenvalue weighted by atomic mass is 32.1. The Morgan fingerprint density at radius 3 is 2.44 bits per heavy atom. The molecule has 0 saturated carbocycles. The summed E-state index contributed by atoms with van der Waals surface area (Å²) in [4.78, 5) is 18.1. The van der Waals surface area contributed by atoms with E-state index in [-0.39, 0.29) is 17.8 Å². The molecule has 4 nitrogen and oxygen atoms in total. The minimum absolute atomic E-state index is 0.217. The number of nitrogens with zero attached hydrogens (tertiary/aromatic N) is 2. The van der Waals surface area contributed by atoms with Crippen LogP contribution in [-0.2, 0) is 0 Å². The van der Waals surface area contributed by atoms with E-state index >= 15 is 0 Å². The van der Waals surface area contributed by atoms with Crippen LogP contribution < -0.4 is 10.1 Å². The number of thiazole rings is 1. The maximum Gasteiger partial charge on any atom is 0.279 e. The fourth-order valence-corrected chi connectivity index (χ4v) is 4.88. The van der Waals surface area contributed by atoms with Gasteiger partial charge in [0.1, 0.15) is 5.82 Å². The Balaban J connectivity index is 1.76. The maximum atomic E-state index is 13.2. The van der Waals surface area contributed by atoms with Gasteiger partial charge in [-0.1, -0.05) is 42.4 Å². The summed E-state index contributed by atoms with van der Waals surface area (Å²) in [6.07, 6.45) is 2.04. The monoisotopic (exact) mass is 447 g/mol. The van der Waals surface area contributed by atoms with Crippen LogP contribution in [0.5, 0.6) is 0 Å². The summed E-state index contributed by atoms with van der Waals surface area (Å²) in [5, 5.41) is 3.31. The van der Waals surface area contributed by atoms with Crippen LogP contribution in [0.3, 0.4) is 0 Å². The van der Waals surface area contributed by atoms with Crippen molar-refractivity contribution in [3.05, 3.63) is 88.5 Å². The molecule has 0 aliphatic carbocycles. The first kappa shape index (κ1) is 22.0. The maximum absolute atomic E-state index is 13.2. The van der Waals surface area contributed by atoms with E-state index in [9.17, 15) is 9.18 Å². The number of anilines is 2. The van der Waals surface area contributed by atoms with Gasteiger partial charge >= 0.3 is 0 Å². The van der Waals surface area contributed by atoms with Gasteiger partial charge in [-0.25, -0.2) is 4.39 Å². The van der Waals surface area contributed by atoms with Crippen LogP contribution in [-0.4, -0.2) is 10.5 Å². The topological polar surface area (TPSA) is 46.4 Å². The Morgan fingerprint density at radius 1 is 1.06 bits per heavy atom. The Morgan fingerprint density at radius 2 is 1.75 bits per heavy atom. The van der Waals surface area contributed by atoms with Crippen LogP contribution in [0.2, 0.25) is 0 Å². The van der Waals surface area contributed by atoms with Gasteiger partial charge in [0, 0.05) is 23.0 Å². The lowest BCUT2D eigenvalue weighted by atomic mass is 10.1. The SMILES string of the molecule is CCCC(C)n1c(=NC(=O)c2ccc(C)cc2)sc2cc(Nc3ccc(F)cc3)ccc21. The summed E-state index contributed by atoms with van der Waals surface area (Å²) < 4.78 is 16.4. The Hall–Kier alpha value is -3.25. The van der Waals surface area contributed by atoms with Crippen molar-refractivity contribution in [3.8, 4) is 0 Å². The van der Waals surface area contributed by atoms with Gasteiger partial charge in [-0.2, -0.15) is 4.99 Å². The molecule has 4 rings (SSSR count). The number of aryl methyl sites for hydroxylation is 1. The smallest absolute Gasteiger partial charge is 0.279 e. The Kier molecular flexibility index (Phi) is 6.51. The third kappa shape index (κ3) is 4.81. The molecule has 1 atom stereocenters. The van der Waals surface area contributed by atoms with E-state index in [2.05, 4.69) is 34.8 Å². The van der Waals surface area contributed by atoms with Crippen molar-refractivity contribution in [1.29, 1.82) is 0 Å². The highest BCUT2D eigenvalue weighted by Crippen LogP contribution is 2.27. The number of hydrogen-bond acceptors (Lipinski definition) is 3. The molecule has 0 radical (unpaired) electrons. The first-order valence-electron chi connectivity index (χ1n) is 10.8. The molecule has 1 heterocycles. The highest BCUT2D eigenvalue weighted by Gasteiger charge is 2.14. The summed E-state index contributed by atoms with van der Waals surface area (Å²) in [5.74, 6) is -0.502. The molecule has 4 aromatic rings. The minimum Gasteiger partial charge on any atom is -0.355 e. The molecule has 0 aliphatic rings. The predicted octanol–water partition coefficient (Wildman–Crippen LogP) is 7.00. The lowest BCUT2D eigenvalue weighted by Gasteiger charge is -2.14. The van der Waals surface area contributed by atoms with Crippen LogP contribution in [0.4, 0.5) is 15.8 Å². The minimum atomic E-state index is -0.264. The fraction of sp³-hybridized carbons (Fsp3) is 0.231. The second-order valence-electron chi connectivity index (χ2n) is 7.99. The number of hydrogen-bond donors (Lipinski definition) is 1. The molecule has 1 aromatic heterocycles. The van der Waals surface area contributed by atoms with Crippen LogP contribution in [0.15, 0.2) is 71.7 Å². The first-order valence-corrected chi connectivity index (χ1v) is 11.6. The predicted molar refractivity (Wildman–Crippen MR) is 130 cm³/mol. The van der Waals surface area contributed by atoms with E-state index < -0.39 is 0 Å². The van der Waals surface area contributed by atoms with Gasteiger partial charge in [0.2, 0.25) is 0 Å². The lowest BCUT2D eigenvalue weighted by Crippen LogP contribution is -2.20. The van der Waals surface area contributed by atoms with E-state index in [0.717, 1.165) is 40.0 Å². The van der Waals surface area contributed by atoms with Crippen LogP contribution in [0.25, 0.3) is 10.2 Å². The number of aromatic nitrogens is 1. The molecule has 1 amide bonds. The molecule has 1 N–H and O–H groups in total. The largest absolute Gasteiger partial charge is 0.355 e. The van der Waals surface area contributed by atoms with E-state index in [1.54, 1.807) is 12.1 Å². The summed E-state index contributed by atoms with van der Waals surface area (Å²) >= 11 is 1.51. The third-order valence-electron chi connectivity index (χ3n) is 5.40. The zero-order valence-corrected chi connectivity index (χ0v) is 19.2. The van der Waals surface area contributed by atoms with Gasteiger partial charge in [-0.05, 0) is 74.9 Å². The van der Waals surface area contributed by atoms with Crippen molar-refractivity contribution in [2.24, 2.45) is 4.99 Å². The number of benzene rings is 3. The zero-order chi connectivity index (χ0) is 22.7. The van der Waals surface area contributed by atoms with Gasteiger partial charge in [-0.3, -0.25) is 4.79 Å². The second-order valence-corrected chi connectivity index (χ2v) is 9.00. The molecular formula is C26H26FN3OS. The molecular weight excluding hydrogens is 421 g/mol. The summed E-state index contributed by atoms with van der Waals surface area (Å²) in [7, 11) is 0. The van der Waals surface area contributed by atoms with Crippen molar-refractivity contribution >= 4 is 38.8 Å². The molecule has 0 bridgehead atoms. The van der Waals surface area contributed by atoms with Gasteiger partial charge < -0.3 is 9.88 Å². The second kappa shape index (κ2) is 9.49. The van der Waals surface area contributed by atoms with Crippen LogP contribution in [0, 0.1) is 12.7 Å². The van der Waals surface area contributed by atoms with Crippen molar-refractivity contribution < 1.29 is 9.18 Å². The molecule has 0 saturated heterocycles. The standard InChI is InChI=1S/C26H26FN3OS/c1-4-5-18(3)30-23-15-14-22(28-21-12-10-20(27)11-13-21)16-24(23)32-26(30)29-25(31)19-8-6-17(2)7-9-19/h6-16,18,28H,4-5H2,1-3H3. The van der Waals surface area contributed by atoms with Gasteiger partial charge in [0.05, 0.1) is 10.2 Å². The van der Waals surface area contributed by atoms with E-state index in [4.69, 9.17) is 0 Å². The molecule has 0 spiro atoms. The Bertz CT molecular complexity index is 1300.